The standard InChI is InChI=1S/C14H21N3O/c1-16(2)14(18)15-12-8-4-5-9-13(12)17-10-6-3-7-11-17/h4-5,8-9H,3,6-7,10-11H2,1-2H3,(H,15,18). The SMILES string of the molecule is CN(C)C(=O)Nc1ccccc1N1CCCCC1. The Labute approximate surface area is 109 Å². The van der Waals surface area contributed by atoms with Gasteiger partial charge in [0.15, 0.2) is 0 Å². The molecule has 1 aliphatic heterocycles. The van der Waals surface area contributed by atoms with Crippen LogP contribution in [0.3, 0.4) is 0 Å². The van der Waals surface area contributed by atoms with Gasteiger partial charge in [-0.05, 0) is 31.4 Å². The van der Waals surface area contributed by atoms with E-state index in [4.69, 9.17) is 0 Å². The first kappa shape index (κ1) is 12.7. The Morgan fingerprint density at radius 1 is 1.17 bits per heavy atom. The number of amides is 2. The molecule has 0 saturated carbocycles. The van der Waals surface area contributed by atoms with Crippen molar-refractivity contribution in [1.29, 1.82) is 0 Å². The van der Waals surface area contributed by atoms with Gasteiger partial charge in [-0.3, -0.25) is 0 Å². The molecule has 1 aliphatic rings. The van der Waals surface area contributed by atoms with Gasteiger partial charge >= 0.3 is 6.03 Å². The van der Waals surface area contributed by atoms with Crippen molar-refractivity contribution in [3.8, 4) is 0 Å². The summed E-state index contributed by atoms with van der Waals surface area (Å²) in [5.41, 5.74) is 2.03. The minimum Gasteiger partial charge on any atom is -0.370 e. The molecule has 0 unspecified atom stereocenters. The minimum absolute atomic E-state index is 0.0838. The van der Waals surface area contributed by atoms with Gasteiger partial charge in [0.25, 0.3) is 0 Å². The fourth-order valence-electron chi connectivity index (χ4n) is 2.22. The summed E-state index contributed by atoms with van der Waals surface area (Å²) in [6.45, 7) is 2.16. The molecule has 1 saturated heterocycles. The molecule has 1 heterocycles. The number of piperidine rings is 1. The van der Waals surface area contributed by atoms with E-state index in [1.807, 2.05) is 18.2 Å². The molecule has 4 heteroatoms. The number of urea groups is 1. The zero-order chi connectivity index (χ0) is 13.0. The number of carbonyl (C=O) groups excluding carboxylic acids is 1. The van der Waals surface area contributed by atoms with Gasteiger partial charge in [0, 0.05) is 27.2 Å². The topological polar surface area (TPSA) is 35.6 Å². The number of anilines is 2. The first-order valence-corrected chi connectivity index (χ1v) is 6.51. The maximum atomic E-state index is 11.7. The van der Waals surface area contributed by atoms with Gasteiger partial charge in [0.2, 0.25) is 0 Å². The van der Waals surface area contributed by atoms with Crippen LogP contribution >= 0.6 is 0 Å². The summed E-state index contributed by atoms with van der Waals surface area (Å²) in [5, 5.41) is 2.95. The van der Waals surface area contributed by atoms with Gasteiger partial charge in [0.05, 0.1) is 11.4 Å². The number of hydrogen-bond donors (Lipinski definition) is 1. The highest BCUT2D eigenvalue weighted by Crippen LogP contribution is 2.28. The zero-order valence-corrected chi connectivity index (χ0v) is 11.1. The monoisotopic (exact) mass is 247 g/mol. The summed E-state index contributed by atoms with van der Waals surface area (Å²) in [5.74, 6) is 0. The molecule has 0 aliphatic carbocycles. The highest BCUT2D eigenvalue weighted by atomic mass is 16.2. The average Bonchev–Trinajstić information content (AvgIpc) is 2.40. The number of carbonyl (C=O) groups is 1. The van der Waals surface area contributed by atoms with Crippen LogP contribution in [0.5, 0.6) is 0 Å². The Kier molecular flexibility index (Phi) is 4.07. The summed E-state index contributed by atoms with van der Waals surface area (Å²) in [4.78, 5) is 15.6. The Bertz CT molecular complexity index is 411. The second-order valence-electron chi connectivity index (χ2n) is 4.89. The number of rotatable bonds is 2. The van der Waals surface area contributed by atoms with E-state index < -0.39 is 0 Å². The number of para-hydroxylation sites is 2. The molecular weight excluding hydrogens is 226 g/mol. The molecule has 4 nitrogen and oxygen atoms in total. The van der Waals surface area contributed by atoms with Gasteiger partial charge in [-0.2, -0.15) is 0 Å². The van der Waals surface area contributed by atoms with Gasteiger partial charge < -0.3 is 15.1 Å². The quantitative estimate of drug-likeness (QED) is 0.872. The first-order chi connectivity index (χ1) is 8.68. The maximum Gasteiger partial charge on any atom is 0.321 e. The molecule has 0 bridgehead atoms. The number of nitrogens with zero attached hydrogens (tertiary/aromatic N) is 2. The van der Waals surface area contributed by atoms with Gasteiger partial charge in [-0.25, -0.2) is 4.79 Å². The van der Waals surface area contributed by atoms with Gasteiger partial charge in [0.1, 0.15) is 0 Å². The van der Waals surface area contributed by atoms with Gasteiger partial charge in [-0.15, -0.1) is 0 Å². The Morgan fingerprint density at radius 3 is 2.50 bits per heavy atom. The van der Waals surface area contributed by atoms with E-state index in [1.165, 1.54) is 19.3 Å². The molecule has 0 radical (unpaired) electrons. The molecular formula is C14H21N3O. The van der Waals surface area contributed by atoms with Gasteiger partial charge in [-0.1, -0.05) is 12.1 Å². The number of nitrogens with one attached hydrogen (secondary N) is 1. The summed E-state index contributed by atoms with van der Waals surface area (Å²) in [6, 6.07) is 7.94. The van der Waals surface area contributed by atoms with Crippen molar-refractivity contribution in [3.05, 3.63) is 24.3 Å². The van der Waals surface area contributed by atoms with Crippen LogP contribution in [-0.4, -0.2) is 38.1 Å². The van der Waals surface area contributed by atoms with E-state index in [9.17, 15) is 4.79 Å². The lowest BCUT2D eigenvalue weighted by Gasteiger charge is -2.30. The summed E-state index contributed by atoms with van der Waals surface area (Å²) in [7, 11) is 3.50. The van der Waals surface area contributed by atoms with Crippen molar-refractivity contribution in [2.45, 2.75) is 19.3 Å². The lowest BCUT2D eigenvalue weighted by Crippen LogP contribution is -2.32. The number of hydrogen-bond acceptors (Lipinski definition) is 2. The van der Waals surface area contributed by atoms with Crippen molar-refractivity contribution in [1.82, 2.24) is 4.90 Å². The van der Waals surface area contributed by atoms with E-state index in [0.717, 1.165) is 24.5 Å². The predicted molar refractivity (Wildman–Crippen MR) is 75.2 cm³/mol. The molecule has 98 valence electrons. The first-order valence-electron chi connectivity index (χ1n) is 6.51. The average molecular weight is 247 g/mol. The Hall–Kier alpha value is -1.71. The Balaban J connectivity index is 2.16. The van der Waals surface area contributed by atoms with E-state index >= 15 is 0 Å². The molecule has 2 rings (SSSR count). The van der Waals surface area contributed by atoms with Crippen LogP contribution in [0.1, 0.15) is 19.3 Å². The number of benzene rings is 1. The summed E-state index contributed by atoms with van der Waals surface area (Å²) < 4.78 is 0. The highest BCUT2D eigenvalue weighted by Gasteiger charge is 2.15. The van der Waals surface area contributed by atoms with Crippen molar-refractivity contribution in [3.63, 3.8) is 0 Å². The second kappa shape index (κ2) is 5.76. The largest absolute Gasteiger partial charge is 0.370 e. The van der Waals surface area contributed by atoms with Crippen LogP contribution < -0.4 is 10.2 Å². The molecule has 0 aromatic heterocycles. The smallest absolute Gasteiger partial charge is 0.321 e. The van der Waals surface area contributed by atoms with Crippen LogP contribution in [0.25, 0.3) is 0 Å². The van der Waals surface area contributed by atoms with Crippen LogP contribution in [0.15, 0.2) is 24.3 Å². The molecule has 1 N–H and O–H groups in total. The van der Waals surface area contributed by atoms with E-state index in [2.05, 4.69) is 16.3 Å². The summed E-state index contributed by atoms with van der Waals surface area (Å²) >= 11 is 0. The molecule has 18 heavy (non-hydrogen) atoms. The van der Waals surface area contributed by atoms with Crippen molar-refractivity contribution < 1.29 is 4.79 Å². The predicted octanol–water partition coefficient (Wildman–Crippen LogP) is 2.77. The zero-order valence-electron chi connectivity index (χ0n) is 11.1. The van der Waals surface area contributed by atoms with E-state index in [0.29, 0.717) is 0 Å². The minimum atomic E-state index is -0.0838. The lowest BCUT2D eigenvalue weighted by atomic mass is 10.1. The third kappa shape index (κ3) is 2.94. The molecule has 1 aromatic carbocycles. The third-order valence-corrected chi connectivity index (χ3v) is 3.25. The molecule has 1 aromatic rings. The highest BCUT2D eigenvalue weighted by molar-refractivity contribution is 5.93. The second-order valence-corrected chi connectivity index (χ2v) is 4.89. The fourth-order valence-corrected chi connectivity index (χ4v) is 2.22. The summed E-state index contributed by atoms with van der Waals surface area (Å²) in [6.07, 6.45) is 3.77. The van der Waals surface area contributed by atoms with E-state index in [1.54, 1.807) is 19.0 Å². The lowest BCUT2D eigenvalue weighted by molar-refractivity contribution is 0.230. The van der Waals surface area contributed by atoms with Crippen molar-refractivity contribution in [2.75, 3.05) is 37.4 Å². The third-order valence-electron chi connectivity index (χ3n) is 3.25. The van der Waals surface area contributed by atoms with Crippen molar-refractivity contribution >= 4 is 17.4 Å². The normalized spacial score (nSPS) is 15.3. The maximum absolute atomic E-state index is 11.7. The van der Waals surface area contributed by atoms with Crippen LogP contribution in [0.4, 0.5) is 16.2 Å². The fraction of sp³-hybridized carbons (Fsp3) is 0.500. The van der Waals surface area contributed by atoms with Crippen LogP contribution in [0.2, 0.25) is 0 Å². The van der Waals surface area contributed by atoms with Crippen molar-refractivity contribution in [2.24, 2.45) is 0 Å². The van der Waals surface area contributed by atoms with Crippen LogP contribution in [0, 0.1) is 0 Å². The molecule has 0 atom stereocenters. The van der Waals surface area contributed by atoms with Crippen LogP contribution in [-0.2, 0) is 0 Å². The Morgan fingerprint density at radius 2 is 1.83 bits per heavy atom. The molecule has 0 spiro atoms. The molecule has 2 amide bonds. The van der Waals surface area contributed by atoms with E-state index in [-0.39, 0.29) is 6.03 Å². The molecule has 1 fully saturated rings.